The van der Waals surface area contributed by atoms with Gasteiger partial charge in [0.2, 0.25) is 5.56 Å². The molecule has 5 rings (SSSR count). The highest BCUT2D eigenvalue weighted by molar-refractivity contribution is 8.14. The summed E-state index contributed by atoms with van der Waals surface area (Å²) in [6.45, 7) is 0.624. The van der Waals surface area contributed by atoms with Crippen LogP contribution in [0.3, 0.4) is 0 Å². The van der Waals surface area contributed by atoms with E-state index in [9.17, 15) is 19.2 Å². The van der Waals surface area contributed by atoms with Crippen LogP contribution < -0.4 is 16.2 Å². The Hall–Kier alpha value is -3.18. The van der Waals surface area contributed by atoms with Crippen molar-refractivity contribution in [3.05, 3.63) is 80.1 Å². The number of carbonyl (C=O) groups is 3. The van der Waals surface area contributed by atoms with E-state index in [0.717, 1.165) is 11.8 Å². The molecule has 0 radical (unpaired) electrons. The molecule has 1 aromatic heterocycles. The van der Waals surface area contributed by atoms with Gasteiger partial charge in [-0.25, -0.2) is 0 Å². The molecule has 2 aromatic carbocycles. The van der Waals surface area contributed by atoms with Crippen LogP contribution in [0.15, 0.2) is 58.3 Å². The minimum Gasteiger partial charge on any atom is -0.322 e. The fourth-order valence-electron chi connectivity index (χ4n) is 4.47. The summed E-state index contributed by atoms with van der Waals surface area (Å²) in [5.74, 6) is -1.31. The van der Waals surface area contributed by atoms with Crippen LogP contribution in [0.2, 0.25) is 10.0 Å². The molecular weight excluding hydrogens is 525 g/mol. The van der Waals surface area contributed by atoms with Gasteiger partial charge in [0, 0.05) is 36.6 Å². The Bertz CT molecular complexity index is 1510. The maximum absolute atomic E-state index is 14.1. The van der Waals surface area contributed by atoms with Gasteiger partial charge in [-0.3, -0.25) is 19.2 Å². The number of halogens is 2. The highest BCUT2D eigenvalue weighted by Gasteiger charge is 2.50. The molecule has 184 valence electrons. The van der Waals surface area contributed by atoms with E-state index in [2.05, 4.69) is 20.6 Å². The van der Waals surface area contributed by atoms with E-state index >= 15 is 0 Å². The Morgan fingerprint density at radius 3 is 2.64 bits per heavy atom. The van der Waals surface area contributed by atoms with Crippen LogP contribution in [0.5, 0.6) is 0 Å². The number of aliphatic imine (C=N–C) groups is 1. The van der Waals surface area contributed by atoms with Crippen LogP contribution in [0.1, 0.15) is 15.9 Å². The van der Waals surface area contributed by atoms with Crippen molar-refractivity contribution in [2.45, 2.75) is 5.54 Å². The third kappa shape index (κ3) is 4.30. The number of fused-ring (bicyclic) bond motifs is 1. The second kappa shape index (κ2) is 9.70. The first kappa shape index (κ1) is 24.5. The molecule has 2 aliphatic rings. The summed E-state index contributed by atoms with van der Waals surface area (Å²) in [4.78, 5) is 60.1. The van der Waals surface area contributed by atoms with E-state index in [-0.39, 0.29) is 40.5 Å². The molecule has 1 atom stereocenters. The second-order valence-electron chi connectivity index (χ2n) is 8.27. The van der Waals surface area contributed by atoms with E-state index in [1.807, 2.05) is 0 Å². The van der Waals surface area contributed by atoms with Crippen molar-refractivity contribution >= 4 is 68.8 Å². The van der Waals surface area contributed by atoms with Gasteiger partial charge in [-0.05, 0) is 23.8 Å². The quantitative estimate of drug-likeness (QED) is 0.466. The number of pyridine rings is 1. The number of carbonyl (C=O) groups excluding carboxylic acids is 3. The van der Waals surface area contributed by atoms with Gasteiger partial charge in [0.25, 0.3) is 17.7 Å². The molecule has 9 nitrogen and oxygen atoms in total. The van der Waals surface area contributed by atoms with E-state index in [0.29, 0.717) is 28.0 Å². The zero-order valence-electron chi connectivity index (χ0n) is 18.6. The number of benzene rings is 2. The van der Waals surface area contributed by atoms with Crippen molar-refractivity contribution in [1.29, 1.82) is 0 Å². The van der Waals surface area contributed by atoms with Crippen molar-refractivity contribution in [2.75, 3.05) is 25.4 Å². The van der Waals surface area contributed by atoms with Crippen LogP contribution in [0.25, 0.3) is 10.9 Å². The van der Waals surface area contributed by atoms with Gasteiger partial charge < -0.3 is 20.5 Å². The predicted molar refractivity (Wildman–Crippen MR) is 140 cm³/mol. The molecule has 1 fully saturated rings. The van der Waals surface area contributed by atoms with Crippen LogP contribution in [-0.2, 0) is 15.1 Å². The van der Waals surface area contributed by atoms with Crippen LogP contribution in [0, 0.1) is 0 Å². The number of aromatic nitrogens is 1. The van der Waals surface area contributed by atoms with E-state index in [4.69, 9.17) is 23.2 Å². The Balaban J connectivity index is 1.67. The summed E-state index contributed by atoms with van der Waals surface area (Å²) < 4.78 is 0. The van der Waals surface area contributed by atoms with Gasteiger partial charge in [-0.2, -0.15) is 4.99 Å². The zero-order chi connectivity index (χ0) is 25.4. The normalized spacial score (nSPS) is 19.9. The van der Waals surface area contributed by atoms with Crippen LogP contribution in [0.4, 0.5) is 0 Å². The second-order valence-corrected chi connectivity index (χ2v) is 10.0. The lowest BCUT2D eigenvalue weighted by molar-refractivity contribution is -0.132. The minimum atomic E-state index is -1.58. The average molecular weight is 544 g/mol. The fraction of sp³-hybridized carbons (Fsp3) is 0.208. The number of H-pyrrole nitrogens is 1. The van der Waals surface area contributed by atoms with Gasteiger partial charge >= 0.3 is 0 Å². The Labute approximate surface area is 219 Å². The monoisotopic (exact) mass is 543 g/mol. The maximum atomic E-state index is 14.1. The largest absolute Gasteiger partial charge is 0.322 e. The third-order valence-corrected chi connectivity index (χ3v) is 7.73. The van der Waals surface area contributed by atoms with E-state index in [1.165, 1.54) is 11.0 Å². The number of nitrogens with one attached hydrogen (secondary N) is 3. The third-order valence-electron chi connectivity index (χ3n) is 6.13. The molecule has 0 bridgehead atoms. The van der Waals surface area contributed by atoms with Gasteiger partial charge in [0.05, 0.1) is 21.4 Å². The lowest BCUT2D eigenvalue weighted by Crippen LogP contribution is -2.67. The molecule has 2 aliphatic heterocycles. The highest BCUT2D eigenvalue weighted by Crippen LogP contribution is 2.36. The topological polar surface area (TPSA) is 124 Å². The van der Waals surface area contributed by atoms with Crippen LogP contribution in [-0.4, -0.2) is 58.2 Å². The molecule has 12 heteroatoms. The molecule has 0 aliphatic carbocycles. The Kier molecular flexibility index (Phi) is 6.60. The molecule has 1 unspecified atom stereocenters. The van der Waals surface area contributed by atoms with Crippen molar-refractivity contribution < 1.29 is 14.4 Å². The molecule has 1 saturated heterocycles. The summed E-state index contributed by atoms with van der Waals surface area (Å²) in [6, 6.07) is 12.9. The Morgan fingerprint density at radius 1 is 1.08 bits per heavy atom. The summed E-state index contributed by atoms with van der Waals surface area (Å²) >= 11 is 13.6. The maximum Gasteiger partial charge on any atom is 0.258 e. The van der Waals surface area contributed by atoms with Crippen molar-refractivity contribution in [3.8, 4) is 0 Å². The smallest absolute Gasteiger partial charge is 0.258 e. The summed E-state index contributed by atoms with van der Waals surface area (Å²) in [5, 5.41) is 7.11. The minimum absolute atomic E-state index is 0.0511. The molecule has 3 aromatic rings. The molecule has 3 amide bonds. The first-order valence-electron chi connectivity index (χ1n) is 11.0. The molecule has 3 N–H and O–H groups in total. The van der Waals surface area contributed by atoms with Crippen molar-refractivity contribution in [1.82, 2.24) is 20.5 Å². The first-order chi connectivity index (χ1) is 17.3. The molecule has 36 heavy (non-hydrogen) atoms. The van der Waals surface area contributed by atoms with E-state index < -0.39 is 22.9 Å². The first-order valence-corrected chi connectivity index (χ1v) is 12.7. The lowest BCUT2D eigenvalue weighted by atomic mass is 9.84. The molecule has 3 heterocycles. The summed E-state index contributed by atoms with van der Waals surface area (Å²) in [7, 11) is 0. The number of amidine groups is 1. The van der Waals surface area contributed by atoms with Gasteiger partial charge in [-0.15, -0.1) is 0 Å². The van der Waals surface area contributed by atoms with E-state index in [1.54, 1.807) is 42.5 Å². The number of nitrogens with zero attached hydrogens (tertiary/aromatic N) is 2. The number of hydrogen-bond donors (Lipinski definition) is 3. The van der Waals surface area contributed by atoms with Gasteiger partial charge in [0.1, 0.15) is 0 Å². The average Bonchev–Trinajstić information content (AvgIpc) is 3.28. The molecule has 0 spiro atoms. The number of piperazine rings is 1. The summed E-state index contributed by atoms with van der Waals surface area (Å²) in [5.41, 5.74) is -0.937. The summed E-state index contributed by atoms with van der Waals surface area (Å²) in [6.07, 6.45) is 0. The number of hydrogen-bond acceptors (Lipinski definition) is 6. The highest BCUT2D eigenvalue weighted by atomic mass is 35.5. The standard InChI is InChI=1S/C24H19Cl2N5O4S/c25-16-6-5-13(9-17(16)26)24(22(35)30-23-29-20(33)11-36-23)12-27-7-8-31(24)21(34)15-10-19(32)28-18-4-2-1-3-14(15)18/h1-6,9-10,27H,7-8,11-12H2,(H,28,32)(H,29,30,33,35). The number of para-hydroxylation sites is 1. The number of aromatic amines is 1. The number of rotatable bonds is 3. The van der Waals surface area contributed by atoms with Crippen molar-refractivity contribution in [3.63, 3.8) is 0 Å². The number of thioether (sulfide) groups is 1. The van der Waals surface area contributed by atoms with Crippen molar-refractivity contribution in [2.24, 2.45) is 4.99 Å². The molecule has 0 saturated carbocycles. The molecular formula is C24H19Cl2N5O4S. The SMILES string of the molecule is O=C1CSC(NC(=O)C2(c3ccc(Cl)c(Cl)c3)CNCCN2C(=O)c2cc(=O)[nH]c3ccccc23)=N1. The fourth-order valence-corrected chi connectivity index (χ4v) is 5.42. The lowest BCUT2D eigenvalue weighted by Gasteiger charge is -2.46. The van der Waals surface area contributed by atoms with Gasteiger partial charge in [0.15, 0.2) is 10.7 Å². The number of amides is 3. The zero-order valence-corrected chi connectivity index (χ0v) is 21.0. The van der Waals surface area contributed by atoms with Crippen LogP contribution >= 0.6 is 35.0 Å². The van der Waals surface area contributed by atoms with Gasteiger partial charge in [-0.1, -0.05) is 59.2 Å². The predicted octanol–water partition coefficient (Wildman–Crippen LogP) is 2.52. The Morgan fingerprint density at radius 2 is 1.89 bits per heavy atom.